The van der Waals surface area contributed by atoms with E-state index >= 15 is 0 Å². The zero-order valence-electron chi connectivity index (χ0n) is 8.85. The summed E-state index contributed by atoms with van der Waals surface area (Å²) in [5, 5.41) is 10.7. The van der Waals surface area contributed by atoms with Crippen LogP contribution in [0.15, 0.2) is 36.0 Å². The molecule has 0 radical (unpaired) electrons. The van der Waals surface area contributed by atoms with Gasteiger partial charge >= 0.3 is 0 Å². The van der Waals surface area contributed by atoms with Gasteiger partial charge in [-0.2, -0.15) is 0 Å². The summed E-state index contributed by atoms with van der Waals surface area (Å²) >= 11 is 0. The molecule has 0 atom stereocenters. The molecule has 0 aliphatic heterocycles. The summed E-state index contributed by atoms with van der Waals surface area (Å²) in [6, 6.07) is 9.40. The topological polar surface area (TPSA) is 43.1 Å². The molecular formula is C12H15NO2. The van der Waals surface area contributed by atoms with E-state index in [1.165, 1.54) is 0 Å². The Labute approximate surface area is 89.6 Å². The Bertz CT molecular complexity index is 344. The van der Waals surface area contributed by atoms with E-state index in [4.69, 9.17) is 0 Å². The van der Waals surface area contributed by atoms with E-state index in [1.54, 1.807) is 6.08 Å². The fraction of sp³-hybridized carbons (Fsp3) is 0.333. The fourth-order valence-electron chi connectivity index (χ4n) is 1.32. The highest BCUT2D eigenvalue weighted by atomic mass is 16.6. The van der Waals surface area contributed by atoms with Crippen molar-refractivity contribution in [2.75, 3.05) is 0 Å². The Balaban J connectivity index is 2.79. The summed E-state index contributed by atoms with van der Waals surface area (Å²) in [6.45, 7) is 2.03. The molecule has 1 aromatic carbocycles. The third-order valence-corrected chi connectivity index (χ3v) is 2.15. The Kier molecular flexibility index (Phi) is 4.54. The molecule has 0 heterocycles. The van der Waals surface area contributed by atoms with Gasteiger partial charge in [0.2, 0.25) is 5.70 Å². The zero-order chi connectivity index (χ0) is 11.1. The Morgan fingerprint density at radius 1 is 1.40 bits per heavy atom. The smallest absolute Gasteiger partial charge is 0.246 e. The lowest BCUT2D eigenvalue weighted by molar-refractivity contribution is -0.426. The van der Waals surface area contributed by atoms with Crippen molar-refractivity contribution in [2.24, 2.45) is 0 Å². The average molecular weight is 205 g/mol. The first kappa shape index (κ1) is 11.4. The highest BCUT2D eigenvalue weighted by molar-refractivity contribution is 5.50. The van der Waals surface area contributed by atoms with Gasteiger partial charge in [0.15, 0.2) is 0 Å². The van der Waals surface area contributed by atoms with Crippen LogP contribution >= 0.6 is 0 Å². The molecule has 0 spiro atoms. The van der Waals surface area contributed by atoms with Gasteiger partial charge in [0.25, 0.3) is 0 Å². The third-order valence-electron chi connectivity index (χ3n) is 2.15. The molecule has 0 saturated heterocycles. The summed E-state index contributed by atoms with van der Waals surface area (Å²) in [6.07, 6.45) is 4.02. The van der Waals surface area contributed by atoms with Gasteiger partial charge in [-0.05, 0) is 12.0 Å². The normalized spacial score (nSPS) is 11.4. The van der Waals surface area contributed by atoms with Crippen LogP contribution in [0.5, 0.6) is 0 Å². The van der Waals surface area contributed by atoms with Gasteiger partial charge in [0.05, 0.1) is 4.92 Å². The third kappa shape index (κ3) is 3.94. The van der Waals surface area contributed by atoms with Crippen molar-refractivity contribution in [2.45, 2.75) is 26.2 Å². The molecule has 1 aromatic rings. The molecule has 1 rings (SSSR count). The molecule has 0 fully saturated rings. The van der Waals surface area contributed by atoms with Crippen LogP contribution in [-0.4, -0.2) is 4.92 Å². The number of hydrogen-bond acceptors (Lipinski definition) is 2. The van der Waals surface area contributed by atoms with Crippen LogP contribution in [0.3, 0.4) is 0 Å². The van der Waals surface area contributed by atoms with Crippen molar-refractivity contribution in [3.8, 4) is 0 Å². The summed E-state index contributed by atoms with van der Waals surface area (Å²) in [5.74, 6) is 0. The largest absolute Gasteiger partial charge is 0.259 e. The number of rotatable bonds is 5. The van der Waals surface area contributed by atoms with E-state index in [-0.39, 0.29) is 4.92 Å². The summed E-state index contributed by atoms with van der Waals surface area (Å²) in [7, 11) is 0. The number of allylic oxidation sites excluding steroid dienone is 1. The van der Waals surface area contributed by atoms with Gasteiger partial charge < -0.3 is 0 Å². The molecular weight excluding hydrogens is 190 g/mol. The zero-order valence-corrected chi connectivity index (χ0v) is 8.85. The first-order valence-electron chi connectivity index (χ1n) is 5.14. The van der Waals surface area contributed by atoms with E-state index in [1.807, 2.05) is 37.3 Å². The maximum absolute atomic E-state index is 10.7. The maximum Gasteiger partial charge on any atom is 0.246 e. The predicted octanol–water partition coefficient (Wildman–Crippen LogP) is 3.49. The lowest BCUT2D eigenvalue weighted by Gasteiger charge is -1.97. The van der Waals surface area contributed by atoms with Gasteiger partial charge in [-0.25, -0.2) is 0 Å². The van der Waals surface area contributed by atoms with Gasteiger partial charge in [0, 0.05) is 12.5 Å². The Hall–Kier alpha value is -1.64. The average Bonchev–Trinajstić information content (AvgIpc) is 2.25. The SMILES string of the molecule is CCCC/C(=C/c1ccccc1)[N+](=O)[O-]. The number of unbranched alkanes of at least 4 members (excludes halogenated alkanes) is 1. The van der Waals surface area contributed by atoms with E-state index in [9.17, 15) is 10.1 Å². The molecule has 80 valence electrons. The molecule has 0 N–H and O–H groups in total. The van der Waals surface area contributed by atoms with Crippen LogP contribution in [-0.2, 0) is 0 Å². The quantitative estimate of drug-likeness (QED) is 0.545. The molecule has 0 aliphatic rings. The molecule has 0 bridgehead atoms. The number of hydrogen-bond donors (Lipinski definition) is 0. The molecule has 15 heavy (non-hydrogen) atoms. The number of nitro groups is 1. The van der Waals surface area contributed by atoms with Crippen LogP contribution < -0.4 is 0 Å². The maximum atomic E-state index is 10.7. The van der Waals surface area contributed by atoms with E-state index < -0.39 is 0 Å². The van der Waals surface area contributed by atoms with Crippen molar-refractivity contribution >= 4 is 6.08 Å². The van der Waals surface area contributed by atoms with Crippen molar-refractivity contribution in [3.05, 3.63) is 51.7 Å². The van der Waals surface area contributed by atoms with Crippen molar-refractivity contribution in [1.82, 2.24) is 0 Å². The van der Waals surface area contributed by atoms with Gasteiger partial charge in [-0.3, -0.25) is 10.1 Å². The van der Waals surface area contributed by atoms with Gasteiger partial charge in [-0.15, -0.1) is 0 Å². The van der Waals surface area contributed by atoms with Crippen LogP contribution in [0.25, 0.3) is 6.08 Å². The molecule has 3 nitrogen and oxygen atoms in total. The highest BCUT2D eigenvalue weighted by Crippen LogP contribution is 2.13. The van der Waals surface area contributed by atoms with Crippen molar-refractivity contribution in [1.29, 1.82) is 0 Å². The van der Waals surface area contributed by atoms with Crippen LogP contribution in [0.1, 0.15) is 31.7 Å². The molecule has 0 amide bonds. The lowest BCUT2D eigenvalue weighted by Crippen LogP contribution is -1.98. The second-order valence-corrected chi connectivity index (χ2v) is 3.41. The van der Waals surface area contributed by atoms with E-state index in [2.05, 4.69) is 0 Å². The van der Waals surface area contributed by atoms with E-state index in [0.29, 0.717) is 12.1 Å². The van der Waals surface area contributed by atoms with Crippen molar-refractivity contribution < 1.29 is 4.92 Å². The first-order chi connectivity index (χ1) is 7.24. The van der Waals surface area contributed by atoms with Crippen LogP contribution in [0.2, 0.25) is 0 Å². The molecule has 3 heteroatoms. The summed E-state index contributed by atoms with van der Waals surface area (Å²) in [4.78, 5) is 10.5. The molecule has 0 saturated carbocycles. The van der Waals surface area contributed by atoms with Gasteiger partial charge in [0.1, 0.15) is 0 Å². The minimum Gasteiger partial charge on any atom is -0.259 e. The predicted molar refractivity (Wildman–Crippen MR) is 60.9 cm³/mol. The second-order valence-electron chi connectivity index (χ2n) is 3.41. The lowest BCUT2D eigenvalue weighted by atomic mass is 10.1. The van der Waals surface area contributed by atoms with Gasteiger partial charge in [-0.1, -0.05) is 43.7 Å². The highest BCUT2D eigenvalue weighted by Gasteiger charge is 2.09. The first-order valence-corrected chi connectivity index (χ1v) is 5.14. The molecule has 0 aliphatic carbocycles. The Morgan fingerprint density at radius 2 is 2.07 bits per heavy atom. The molecule has 0 unspecified atom stereocenters. The standard InChI is InChI=1S/C12H15NO2/c1-2-3-9-12(13(14)15)10-11-7-5-4-6-8-11/h4-8,10H,2-3,9H2,1H3/b12-10-. The minimum atomic E-state index is -0.289. The summed E-state index contributed by atoms with van der Waals surface area (Å²) in [5.41, 5.74) is 1.18. The minimum absolute atomic E-state index is 0.289. The second kappa shape index (κ2) is 5.96. The monoisotopic (exact) mass is 205 g/mol. The molecule has 0 aromatic heterocycles. The van der Waals surface area contributed by atoms with Crippen LogP contribution in [0.4, 0.5) is 0 Å². The summed E-state index contributed by atoms with van der Waals surface area (Å²) < 4.78 is 0. The van der Waals surface area contributed by atoms with Crippen molar-refractivity contribution in [3.63, 3.8) is 0 Å². The van der Waals surface area contributed by atoms with Crippen LogP contribution in [0, 0.1) is 10.1 Å². The number of nitrogens with zero attached hydrogens (tertiary/aromatic N) is 1. The fourth-order valence-corrected chi connectivity index (χ4v) is 1.32. The number of benzene rings is 1. The van der Waals surface area contributed by atoms with E-state index in [0.717, 1.165) is 18.4 Å². The Morgan fingerprint density at radius 3 is 2.60 bits per heavy atom.